The molecule has 0 spiro atoms. The zero-order chi connectivity index (χ0) is 14.7. The zero-order valence-electron chi connectivity index (χ0n) is 11.5. The van der Waals surface area contributed by atoms with Crippen LogP contribution in [0.5, 0.6) is 0 Å². The van der Waals surface area contributed by atoms with E-state index in [0.717, 1.165) is 0 Å². The molecule has 1 aliphatic rings. The maximum absolute atomic E-state index is 12.5. The number of aromatic amines is 1. The van der Waals surface area contributed by atoms with E-state index < -0.39 is 11.9 Å². The van der Waals surface area contributed by atoms with E-state index in [1.807, 2.05) is 0 Å². The van der Waals surface area contributed by atoms with Crippen molar-refractivity contribution in [1.82, 2.24) is 20.1 Å². The van der Waals surface area contributed by atoms with Gasteiger partial charge in [-0.3, -0.25) is 14.4 Å². The molecule has 7 heteroatoms. The summed E-state index contributed by atoms with van der Waals surface area (Å²) in [6, 6.07) is 0.726. The number of carbonyl (C=O) groups excluding carboxylic acids is 2. The van der Waals surface area contributed by atoms with Gasteiger partial charge in [0.15, 0.2) is 5.43 Å². The third-order valence-electron chi connectivity index (χ3n) is 3.28. The predicted molar refractivity (Wildman–Crippen MR) is 73.5 cm³/mol. The Morgan fingerprint density at radius 1 is 1.40 bits per heavy atom. The lowest BCUT2D eigenvalue weighted by molar-refractivity contribution is -0.134. The van der Waals surface area contributed by atoms with Crippen molar-refractivity contribution in [2.45, 2.75) is 6.04 Å². The number of amides is 2. The van der Waals surface area contributed by atoms with E-state index in [2.05, 4.69) is 10.3 Å². The lowest BCUT2D eigenvalue weighted by atomic mass is 10.1. The second-order valence-corrected chi connectivity index (χ2v) is 4.87. The first-order chi connectivity index (χ1) is 9.52. The maximum Gasteiger partial charge on any atom is 0.260 e. The summed E-state index contributed by atoms with van der Waals surface area (Å²) in [6.07, 6.45) is 2.85. The maximum atomic E-state index is 12.5. The molecule has 1 saturated heterocycles. The van der Waals surface area contributed by atoms with Crippen molar-refractivity contribution in [2.24, 2.45) is 0 Å². The summed E-state index contributed by atoms with van der Waals surface area (Å²) in [6.45, 7) is 1.40. The number of hydrogen-bond donors (Lipinski definition) is 2. The second kappa shape index (κ2) is 5.87. The molecule has 1 aromatic rings. The van der Waals surface area contributed by atoms with Crippen molar-refractivity contribution in [2.75, 3.05) is 33.7 Å². The number of nitrogens with one attached hydrogen (secondary N) is 2. The Labute approximate surface area is 116 Å². The van der Waals surface area contributed by atoms with E-state index in [-0.39, 0.29) is 16.9 Å². The monoisotopic (exact) mass is 278 g/mol. The Kier molecular flexibility index (Phi) is 4.19. The molecule has 1 aromatic heterocycles. The smallest absolute Gasteiger partial charge is 0.260 e. The quantitative estimate of drug-likeness (QED) is 0.717. The third-order valence-corrected chi connectivity index (χ3v) is 3.28. The summed E-state index contributed by atoms with van der Waals surface area (Å²) in [5.41, 5.74) is -0.283. The molecule has 2 N–H and O–H groups in total. The number of hydrogen-bond acceptors (Lipinski definition) is 4. The lowest BCUT2D eigenvalue weighted by Crippen LogP contribution is -2.59. The van der Waals surface area contributed by atoms with Crippen LogP contribution in [0, 0.1) is 0 Å². The Morgan fingerprint density at radius 2 is 2.15 bits per heavy atom. The summed E-state index contributed by atoms with van der Waals surface area (Å²) < 4.78 is 0. The van der Waals surface area contributed by atoms with Gasteiger partial charge in [-0.15, -0.1) is 0 Å². The number of carbonyl (C=O) groups is 2. The topological polar surface area (TPSA) is 85.5 Å². The standard InChI is InChI=1S/C13H18N4O3/c1-16(2)13(20)10-8-15-5-6-17(10)12(19)9-7-14-4-3-11(9)18/h3-4,7,10,15H,5-6,8H2,1-2H3,(H,14,18). The van der Waals surface area contributed by atoms with Crippen LogP contribution < -0.4 is 10.7 Å². The van der Waals surface area contributed by atoms with Gasteiger partial charge in [-0.05, 0) is 0 Å². The average Bonchev–Trinajstić information content (AvgIpc) is 2.46. The van der Waals surface area contributed by atoms with Gasteiger partial charge in [0.1, 0.15) is 11.6 Å². The minimum atomic E-state index is -0.578. The van der Waals surface area contributed by atoms with Crippen molar-refractivity contribution < 1.29 is 9.59 Å². The summed E-state index contributed by atoms with van der Waals surface area (Å²) >= 11 is 0. The minimum Gasteiger partial charge on any atom is -0.367 e. The Morgan fingerprint density at radius 3 is 2.80 bits per heavy atom. The summed E-state index contributed by atoms with van der Waals surface area (Å²) in [5, 5.41) is 3.09. The van der Waals surface area contributed by atoms with Crippen LogP contribution in [0.25, 0.3) is 0 Å². The number of H-pyrrole nitrogens is 1. The number of pyridine rings is 1. The van der Waals surface area contributed by atoms with Crippen LogP contribution in [0.15, 0.2) is 23.3 Å². The van der Waals surface area contributed by atoms with Gasteiger partial charge < -0.3 is 20.1 Å². The predicted octanol–water partition coefficient (Wildman–Crippen LogP) is -1.12. The minimum absolute atomic E-state index is 0.0611. The summed E-state index contributed by atoms with van der Waals surface area (Å²) in [7, 11) is 3.30. The fraction of sp³-hybridized carbons (Fsp3) is 0.462. The molecule has 1 unspecified atom stereocenters. The SMILES string of the molecule is CN(C)C(=O)C1CNCCN1C(=O)c1c[nH]ccc1=O. The van der Waals surface area contributed by atoms with Crippen molar-refractivity contribution in [3.63, 3.8) is 0 Å². The molecule has 1 aliphatic heterocycles. The molecule has 0 bridgehead atoms. The first-order valence-corrected chi connectivity index (χ1v) is 6.42. The van der Waals surface area contributed by atoms with E-state index in [9.17, 15) is 14.4 Å². The number of nitrogens with zero attached hydrogens (tertiary/aromatic N) is 2. The van der Waals surface area contributed by atoms with E-state index in [0.29, 0.717) is 19.6 Å². The Bertz CT molecular complexity index is 567. The highest BCUT2D eigenvalue weighted by Crippen LogP contribution is 2.09. The molecule has 0 aliphatic carbocycles. The number of aromatic nitrogens is 1. The second-order valence-electron chi connectivity index (χ2n) is 4.87. The normalized spacial score (nSPS) is 18.7. The molecule has 1 atom stereocenters. The average molecular weight is 278 g/mol. The molecule has 2 heterocycles. The van der Waals surface area contributed by atoms with E-state index in [4.69, 9.17) is 0 Å². The molecule has 2 rings (SSSR count). The fourth-order valence-corrected chi connectivity index (χ4v) is 2.20. The van der Waals surface area contributed by atoms with Crippen molar-refractivity contribution >= 4 is 11.8 Å². The third kappa shape index (κ3) is 2.72. The molecule has 20 heavy (non-hydrogen) atoms. The molecule has 108 valence electrons. The van der Waals surface area contributed by atoms with Gasteiger partial charge in [0.2, 0.25) is 5.91 Å². The summed E-state index contributed by atoms with van der Waals surface area (Å²) in [5.74, 6) is -0.563. The largest absolute Gasteiger partial charge is 0.367 e. The van der Waals surface area contributed by atoms with Gasteiger partial charge in [0.05, 0.1) is 0 Å². The van der Waals surface area contributed by atoms with Crippen LogP contribution in [0.3, 0.4) is 0 Å². The highest BCUT2D eigenvalue weighted by Gasteiger charge is 2.34. The van der Waals surface area contributed by atoms with Crippen LogP contribution in [0.4, 0.5) is 0 Å². The first kappa shape index (κ1) is 14.3. The summed E-state index contributed by atoms with van der Waals surface area (Å²) in [4.78, 5) is 42.0. The van der Waals surface area contributed by atoms with Gasteiger partial charge in [-0.25, -0.2) is 0 Å². The van der Waals surface area contributed by atoms with Crippen molar-refractivity contribution in [3.05, 3.63) is 34.2 Å². The van der Waals surface area contributed by atoms with Crippen LogP contribution in [-0.2, 0) is 4.79 Å². The number of likely N-dealkylation sites (N-methyl/N-ethyl adjacent to an activating group) is 1. The molecule has 1 fully saturated rings. The molecule has 0 saturated carbocycles. The first-order valence-electron chi connectivity index (χ1n) is 6.42. The highest BCUT2D eigenvalue weighted by molar-refractivity contribution is 5.97. The Balaban J connectivity index is 2.29. The molecular formula is C13H18N4O3. The molecule has 0 aromatic carbocycles. The van der Waals surface area contributed by atoms with E-state index in [1.165, 1.54) is 28.3 Å². The highest BCUT2D eigenvalue weighted by atomic mass is 16.2. The van der Waals surface area contributed by atoms with Gasteiger partial charge in [-0.2, -0.15) is 0 Å². The van der Waals surface area contributed by atoms with Gasteiger partial charge >= 0.3 is 0 Å². The van der Waals surface area contributed by atoms with Crippen LogP contribution in [0.2, 0.25) is 0 Å². The lowest BCUT2D eigenvalue weighted by Gasteiger charge is -2.36. The van der Waals surface area contributed by atoms with Crippen LogP contribution >= 0.6 is 0 Å². The molecule has 0 radical (unpaired) electrons. The van der Waals surface area contributed by atoms with Crippen LogP contribution in [0.1, 0.15) is 10.4 Å². The number of rotatable bonds is 2. The Hall–Kier alpha value is -2.15. The van der Waals surface area contributed by atoms with Crippen LogP contribution in [-0.4, -0.2) is 66.4 Å². The molecule has 2 amide bonds. The van der Waals surface area contributed by atoms with Gasteiger partial charge in [0, 0.05) is 52.2 Å². The molecule has 7 nitrogen and oxygen atoms in total. The fourth-order valence-electron chi connectivity index (χ4n) is 2.20. The molecular weight excluding hydrogens is 260 g/mol. The van der Waals surface area contributed by atoms with E-state index in [1.54, 1.807) is 14.1 Å². The zero-order valence-corrected chi connectivity index (χ0v) is 11.5. The van der Waals surface area contributed by atoms with Crippen molar-refractivity contribution in [1.29, 1.82) is 0 Å². The number of piperazine rings is 1. The van der Waals surface area contributed by atoms with E-state index >= 15 is 0 Å². The van der Waals surface area contributed by atoms with Gasteiger partial charge in [0.25, 0.3) is 5.91 Å². The van der Waals surface area contributed by atoms with Crippen molar-refractivity contribution in [3.8, 4) is 0 Å². The van der Waals surface area contributed by atoms with Gasteiger partial charge in [-0.1, -0.05) is 0 Å².